The molecule has 0 radical (unpaired) electrons. The largest absolute Gasteiger partial charge is 0.756 e. The van der Waals surface area contributed by atoms with E-state index in [1.165, 1.54) is 289 Å². The molecule has 0 rings (SSSR count). The molecule has 0 fully saturated rings. The van der Waals surface area contributed by atoms with Crippen molar-refractivity contribution in [1.29, 1.82) is 0 Å². The molecule has 0 aliphatic rings. The zero-order chi connectivity index (χ0) is 56.3. The Morgan fingerprint density at radius 3 is 0.961 bits per heavy atom. The van der Waals surface area contributed by atoms with E-state index in [2.05, 4.69) is 26.0 Å². The molecule has 10 heteroatoms. The lowest BCUT2D eigenvalue weighted by molar-refractivity contribution is -0.870. The summed E-state index contributed by atoms with van der Waals surface area (Å²) < 4.78 is 34.2. The van der Waals surface area contributed by atoms with E-state index < -0.39 is 26.5 Å². The highest BCUT2D eigenvalue weighted by Crippen LogP contribution is 2.38. The minimum Gasteiger partial charge on any atom is -0.756 e. The number of hydrogen-bond donors (Lipinski definition) is 0. The van der Waals surface area contributed by atoms with Gasteiger partial charge in [0.15, 0.2) is 6.10 Å². The van der Waals surface area contributed by atoms with Crippen LogP contribution in [0, 0.1) is 0 Å². The number of rotatable bonds is 64. The van der Waals surface area contributed by atoms with Crippen molar-refractivity contribution in [1.82, 2.24) is 0 Å². The molecule has 77 heavy (non-hydrogen) atoms. The van der Waals surface area contributed by atoms with Crippen LogP contribution >= 0.6 is 7.82 Å². The molecule has 0 bridgehead atoms. The Balaban J connectivity index is 3.78. The van der Waals surface area contributed by atoms with Gasteiger partial charge in [0, 0.05) is 12.8 Å². The average Bonchev–Trinajstić information content (AvgIpc) is 3.39. The summed E-state index contributed by atoms with van der Waals surface area (Å²) >= 11 is 0. The van der Waals surface area contributed by atoms with Crippen molar-refractivity contribution < 1.29 is 42.1 Å². The van der Waals surface area contributed by atoms with Gasteiger partial charge in [-0.2, -0.15) is 0 Å². The third kappa shape index (κ3) is 63.8. The van der Waals surface area contributed by atoms with Crippen molar-refractivity contribution in [2.24, 2.45) is 0 Å². The molecular weight excluding hydrogens is 978 g/mol. The molecule has 0 N–H and O–H groups in total. The Kier molecular flexibility index (Phi) is 58.4. The van der Waals surface area contributed by atoms with Crippen molar-refractivity contribution in [3.05, 3.63) is 12.2 Å². The van der Waals surface area contributed by atoms with E-state index in [4.69, 9.17) is 18.5 Å². The van der Waals surface area contributed by atoms with Gasteiger partial charge in [-0.3, -0.25) is 14.2 Å². The molecule has 9 nitrogen and oxygen atoms in total. The molecule has 0 saturated carbocycles. The third-order valence-electron chi connectivity index (χ3n) is 15.5. The maximum Gasteiger partial charge on any atom is 0.306 e. The maximum atomic E-state index is 12.8. The highest BCUT2D eigenvalue weighted by Gasteiger charge is 2.22. The second-order valence-electron chi connectivity index (χ2n) is 24.6. The predicted octanol–water partition coefficient (Wildman–Crippen LogP) is 20.9. The summed E-state index contributed by atoms with van der Waals surface area (Å²) in [7, 11) is 1.19. The number of allylic oxidation sites excluding steroid dienone is 2. The van der Waals surface area contributed by atoms with E-state index >= 15 is 0 Å². The van der Waals surface area contributed by atoms with E-state index in [0.717, 1.165) is 32.1 Å². The molecule has 0 aromatic heterocycles. The lowest BCUT2D eigenvalue weighted by atomic mass is 10.0. The lowest BCUT2D eigenvalue weighted by Crippen LogP contribution is -2.37. The number of phosphoric acid groups is 1. The van der Waals surface area contributed by atoms with Crippen LogP contribution in [0.25, 0.3) is 0 Å². The summed E-state index contributed by atoms with van der Waals surface area (Å²) in [4.78, 5) is 37.8. The SMILES string of the molecule is CCCCCCCCCC/C=C\CCCCCCCCCCCCCCCCCCCCCCCCCCCCCCCC(=O)OC(COC(=O)CCCCCCCCCCCCCC)COP(=O)([O-])OCC[N+](C)(C)C. The molecule has 0 spiro atoms. The third-order valence-corrected chi connectivity index (χ3v) is 16.5. The van der Waals surface area contributed by atoms with Crippen molar-refractivity contribution in [3.8, 4) is 0 Å². The molecule has 2 atom stereocenters. The number of carbonyl (C=O) groups excluding carboxylic acids is 2. The van der Waals surface area contributed by atoms with Crippen LogP contribution in [0.15, 0.2) is 12.2 Å². The number of phosphoric ester groups is 1. The molecular formula is C67H132NO8P. The van der Waals surface area contributed by atoms with Gasteiger partial charge in [0.1, 0.15) is 19.8 Å². The smallest absolute Gasteiger partial charge is 0.306 e. The highest BCUT2D eigenvalue weighted by molar-refractivity contribution is 7.45. The summed E-state index contributed by atoms with van der Waals surface area (Å²) in [5.41, 5.74) is 0. The first kappa shape index (κ1) is 75.8. The van der Waals surface area contributed by atoms with Gasteiger partial charge >= 0.3 is 11.9 Å². The molecule has 0 aliphatic carbocycles. The second kappa shape index (κ2) is 59.4. The molecule has 0 heterocycles. The van der Waals surface area contributed by atoms with Crippen molar-refractivity contribution >= 4 is 19.8 Å². The van der Waals surface area contributed by atoms with Crippen molar-refractivity contribution in [2.45, 2.75) is 360 Å². The first-order chi connectivity index (χ1) is 37.5. The van der Waals surface area contributed by atoms with Crippen LogP contribution in [-0.2, 0) is 32.7 Å². The van der Waals surface area contributed by atoms with E-state index in [1.807, 2.05) is 21.1 Å². The predicted molar refractivity (Wildman–Crippen MR) is 328 cm³/mol. The summed E-state index contributed by atoms with van der Waals surface area (Å²) in [6.07, 6.45) is 71.8. The topological polar surface area (TPSA) is 111 Å². The van der Waals surface area contributed by atoms with E-state index in [-0.39, 0.29) is 32.0 Å². The van der Waals surface area contributed by atoms with Gasteiger partial charge in [0.25, 0.3) is 7.82 Å². The zero-order valence-corrected chi connectivity index (χ0v) is 53.1. The van der Waals surface area contributed by atoms with Crippen molar-refractivity contribution in [2.75, 3.05) is 47.5 Å². The molecule has 0 amide bonds. The van der Waals surface area contributed by atoms with Gasteiger partial charge in [-0.05, 0) is 38.5 Å². The molecule has 0 aromatic rings. The van der Waals surface area contributed by atoms with E-state index in [9.17, 15) is 19.0 Å². The van der Waals surface area contributed by atoms with Crippen LogP contribution in [0.1, 0.15) is 354 Å². The summed E-state index contributed by atoms with van der Waals surface area (Å²) in [6, 6.07) is 0. The molecule has 0 saturated heterocycles. The normalized spacial score (nSPS) is 13.2. The van der Waals surface area contributed by atoms with Crippen LogP contribution in [0.4, 0.5) is 0 Å². The maximum absolute atomic E-state index is 12.8. The Labute approximate surface area is 479 Å². The van der Waals surface area contributed by atoms with Gasteiger partial charge in [-0.1, -0.05) is 315 Å². The van der Waals surface area contributed by atoms with Gasteiger partial charge in [0.05, 0.1) is 27.7 Å². The minimum absolute atomic E-state index is 0.0258. The Bertz CT molecular complexity index is 1300. The Morgan fingerprint density at radius 1 is 0.390 bits per heavy atom. The number of likely N-dealkylation sites (N-methyl/N-ethyl adjacent to an activating group) is 1. The highest BCUT2D eigenvalue weighted by atomic mass is 31.2. The first-order valence-corrected chi connectivity index (χ1v) is 35.4. The van der Waals surface area contributed by atoms with Gasteiger partial charge < -0.3 is 27.9 Å². The van der Waals surface area contributed by atoms with Crippen LogP contribution < -0.4 is 4.89 Å². The fourth-order valence-corrected chi connectivity index (χ4v) is 11.0. The fourth-order valence-electron chi connectivity index (χ4n) is 10.3. The van der Waals surface area contributed by atoms with Crippen LogP contribution in [0.2, 0.25) is 0 Å². The first-order valence-electron chi connectivity index (χ1n) is 33.9. The molecule has 0 aliphatic heterocycles. The lowest BCUT2D eigenvalue weighted by Gasteiger charge is -2.28. The van der Waals surface area contributed by atoms with Crippen LogP contribution in [0.5, 0.6) is 0 Å². The van der Waals surface area contributed by atoms with Crippen LogP contribution in [0.3, 0.4) is 0 Å². The van der Waals surface area contributed by atoms with Crippen molar-refractivity contribution in [3.63, 3.8) is 0 Å². The quantitative estimate of drug-likeness (QED) is 0.0195. The van der Waals surface area contributed by atoms with E-state index in [0.29, 0.717) is 17.4 Å². The number of carbonyl (C=O) groups is 2. The minimum atomic E-state index is -4.63. The van der Waals surface area contributed by atoms with Gasteiger partial charge in [-0.25, -0.2) is 0 Å². The number of ether oxygens (including phenoxy) is 2. The summed E-state index contributed by atoms with van der Waals surface area (Å²) in [6.45, 7) is 4.29. The number of quaternary nitrogens is 1. The van der Waals surface area contributed by atoms with E-state index in [1.54, 1.807) is 0 Å². The summed E-state index contributed by atoms with van der Waals surface area (Å²) in [5, 5.41) is 0. The fraction of sp³-hybridized carbons (Fsp3) is 0.940. The average molecular weight is 1110 g/mol. The van der Waals surface area contributed by atoms with Gasteiger partial charge in [0.2, 0.25) is 0 Å². The number of unbranched alkanes of at least 4 members (excludes halogenated alkanes) is 48. The van der Waals surface area contributed by atoms with Gasteiger partial charge in [-0.15, -0.1) is 0 Å². The summed E-state index contributed by atoms with van der Waals surface area (Å²) in [5.74, 6) is -0.813. The molecule has 458 valence electrons. The number of esters is 2. The second-order valence-corrected chi connectivity index (χ2v) is 26.0. The molecule has 0 aromatic carbocycles. The monoisotopic (exact) mass is 1110 g/mol. The Hall–Kier alpha value is -1.25. The number of hydrogen-bond acceptors (Lipinski definition) is 8. The molecule has 2 unspecified atom stereocenters. The number of nitrogens with zero attached hydrogens (tertiary/aromatic N) is 1. The standard InChI is InChI=1S/C67H132NO8P/c1-6-8-10-12-14-16-18-20-21-22-23-24-25-26-27-28-29-30-31-32-33-34-35-36-37-38-39-40-41-42-43-44-45-46-47-48-50-52-54-56-58-60-67(70)76-65(64-75-77(71,72)74-62-61-68(3,4)5)63-73-66(69)59-57-55-53-51-49-19-17-15-13-11-9-7-2/h22-23,65H,6-21,24-64H2,1-5H3/b23-22-. The zero-order valence-electron chi connectivity index (χ0n) is 52.2. The Morgan fingerprint density at radius 2 is 0.662 bits per heavy atom. The van der Waals surface area contributed by atoms with Crippen LogP contribution in [-0.4, -0.2) is 70.0 Å².